The first-order valence-electron chi connectivity index (χ1n) is 9.60. The second-order valence-electron chi connectivity index (χ2n) is 6.82. The molecule has 0 saturated heterocycles. The zero-order chi connectivity index (χ0) is 19.3. The number of ether oxygens (including phenoxy) is 3. The number of hydrogen-bond donors (Lipinski definition) is 2. The van der Waals surface area contributed by atoms with Crippen molar-refractivity contribution in [1.29, 1.82) is 0 Å². The van der Waals surface area contributed by atoms with Crippen molar-refractivity contribution in [1.82, 2.24) is 25.4 Å². The summed E-state index contributed by atoms with van der Waals surface area (Å²) in [6.45, 7) is 4.91. The summed E-state index contributed by atoms with van der Waals surface area (Å²) < 4.78 is 17.9. The van der Waals surface area contributed by atoms with Crippen LogP contribution in [-0.2, 0) is 30.9 Å². The SMILES string of the molecule is CCNC(=NCc1ccc2c(c1)OCO2)NC1CCc2nc(COC)nn2C1. The number of aromatic nitrogens is 3. The van der Waals surface area contributed by atoms with E-state index in [1.165, 1.54) is 0 Å². The summed E-state index contributed by atoms with van der Waals surface area (Å²) in [5, 5.41) is 11.4. The van der Waals surface area contributed by atoms with E-state index in [2.05, 4.69) is 27.6 Å². The summed E-state index contributed by atoms with van der Waals surface area (Å²) in [6, 6.07) is 6.17. The van der Waals surface area contributed by atoms with Crippen LogP contribution in [0.3, 0.4) is 0 Å². The Bertz CT molecular complexity index is 850. The van der Waals surface area contributed by atoms with Gasteiger partial charge in [-0.2, -0.15) is 5.10 Å². The average molecular weight is 386 g/mol. The molecule has 9 nitrogen and oxygen atoms in total. The number of aliphatic imine (C=N–C) groups is 1. The average Bonchev–Trinajstić information content (AvgIpc) is 3.32. The van der Waals surface area contributed by atoms with E-state index in [0.29, 0.717) is 13.2 Å². The molecular formula is C19H26N6O3. The number of nitrogens with zero attached hydrogens (tertiary/aromatic N) is 4. The summed E-state index contributed by atoms with van der Waals surface area (Å²) >= 11 is 0. The lowest BCUT2D eigenvalue weighted by atomic mass is 10.1. The molecule has 0 amide bonds. The Morgan fingerprint density at radius 3 is 3.11 bits per heavy atom. The lowest BCUT2D eigenvalue weighted by Crippen LogP contribution is -2.47. The first-order valence-corrected chi connectivity index (χ1v) is 9.60. The topological polar surface area (TPSA) is 94.8 Å². The molecule has 2 aliphatic heterocycles. The Kier molecular flexibility index (Phi) is 5.61. The lowest BCUT2D eigenvalue weighted by molar-refractivity contribution is 0.174. The number of methoxy groups -OCH3 is 1. The van der Waals surface area contributed by atoms with Crippen LogP contribution < -0.4 is 20.1 Å². The molecule has 0 aliphatic carbocycles. The van der Waals surface area contributed by atoms with Crippen LogP contribution in [-0.4, -0.2) is 47.2 Å². The molecule has 3 heterocycles. The fourth-order valence-electron chi connectivity index (χ4n) is 3.39. The minimum atomic E-state index is 0.249. The number of benzene rings is 1. The number of nitrogens with one attached hydrogen (secondary N) is 2. The van der Waals surface area contributed by atoms with E-state index in [0.717, 1.165) is 60.6 Å². The zero-order valence-corrected chi connectivity index (χ0v) is 16.3. The second-order valence-corrected chi connectivity index (χ2v) is 6.82. The van der Waals surface area contributed by atoms with Crippen molar-refractivity contribution >= 4 is 5.96 Å². The minimum absolute atomic E-state index is 0.249. The van der Waals surface area contributed by atoms with Gasteiger partial charge in [0.25, 0.3) is 0 Å². The largest absolute Gasteiger partial charge is 0.454 e. The van der Waals surface area contributed by atoms with Gasteiger partial charge >= 0.3 is 0 Å². The standard InChI is InChI=1S/C19H26N6O3/c1-3-20-19(21-9-13-4-6-15-16(8-13)28-12-27-15)22-14-5-7-18-23-17(11-26-2)24-25(18)10-14/h4,6,8,14H,3,5,7,9-12H2,1-2H3,(H2,20,21,22). The fourth-order valence-corrected chi connectivity index (χ4v) is 3.39. The maximum atomic E-state index is 5.44. The van der Waals surface area contributed by atoms with Crippen LogP contribution in [0.2, 0.25) is 0 Å². The van der Waals surface area contributed by atoms with Gasteiger partial charge in [-0.3, -0.25) is 0 Å². The highest BCUT2D eigenvalue weighted by molar-refractivity contribution is 5.80. The van der Waals surface area contributed by atoms with Crippen LogP contribution in [0.25, 0.3) is 0 Å². The van der Waals surface area contributed by atoms with Gasteiger partial charge in [-0.25, -0.2) is 14.7 Å². The summed E-state index contributed by atoms with van der Waals surface area (Å²) in [7, 11) is 1.66. The number of fused-ring (bicyclic) bond motifs is 2. The maximum Gasteiger partial charge on any atom is 0.231 e. The highest BCUT2D eigenvalue weighted by Crippen LogP contribution is 2.32. The van der Waals surface area contributed by atoms with Gasteiger partial charge in [0.15, 0.2) is 23.3 Å². The molecule has 2 aromatic rings. The Balaban J connectivity index is 1.39. The maximum absolute atomic E-state index is 5.44. The van der Waals surface area contributed by atoms with E-state index in [1.54, 1.807) is 7.11 Å². The molecule has 2 aliphatic rings. The summed E-state index contributed by atoms with van der Waals surface area (Å²) in [6.07, 6.45) is 1.87. The molecule has 1 aromatic carbocycles. The quantitative estimate of drug-likeness (QED) is 0.569. The van der Waals surface area contributed by atoms with Gasteiger partial charge in [-0.05, 0) is 31.0 Å². The number of hydrogen-bond acceptors (Lipinski definition) is 6. The van der Waals surface area contributed by atoms with Crippen molar-refractivity contribution in [2.24, 2.45) is 4.99 Å². The molecule has 0 bridgehead atoms. The van der Waals surface area contributed by atoms with Crippen LogP contribution in [0.5, 0.6) is 11.5 Å². The molecule has 1 atom stereocenters. The monoisotopic (exact) mass is 386 g/mol. The lowest BCUT2D eigenvalue weighted by Gasteiger charge is -2.25. The molecule has 0 saturated carbocycles. The van der Waals surface area contributed by atoms with E-state index in [9.17, 15) is 0 Å². The Morgan fingerprint density at radius 1 is 1.36 bits per heavy atom. The van der Waals surface area contributed by atoms with Gasteiger partial charge in [-0.1, -0.05) is 6.07 Å². The van der Waals surface area contributed by atoms with E-state index >= 15 is 0 Å². The van der Waals surface area contributed by atoms with E-state index < -0.39 is 0 Å². The molecule has 28 heavy (non-hydrogen) atoms. The van der Waals surface area contributed by atoms with Crippen LogP contribution in [0.4, 0.5) is 0 Å². The predicted octanol–water partition coefficient (Wildman–Crippen LogP) is 1.22. The Hall–Kier alpha value is -2.81. The molecule has 9 heteroatoms. The summed E-state index contributed by atoms with van der Waals surface area (Å²) in [5.74, 6) is 4.12. The molecule has 0 spiro atoms. The van der Waals surface area contributed by atoms with Crippen LogP contribution >= 0.6 is 0 Å². The van der Waals surface area contributed by atoms with Gasteiger partial charge < -0.3 is 24.8 Å². The van der Waals surface area contributed by atoms with Gasteiger partial charge in [-0.15, -0.1) is 0 Å². The van der Waals surface area contributed by atoms with Crippen molar-refractivity contribution in [3.63, 3.8) is 0 Å². The van der Waals surface area contributed by atoms with Crippen molar-refractivity contribution in [3.8, 4) is 11.5 Å². The zero-order valence-electron chi connectivity index (χ0n) is 16.3. The van der Waals surface area contributed by atoms with Gasteiger partial charge in [0.05, 0.1) is 13.1 Å². The van der Waals surface area contributed by atoms with Gasteiger partial charge in [0.1, 0.15) is 12.4 Å². The van der Waals surface area contributed by atoms with Crippen molar-refractivity contribution in [2.75, 3.05) is 20.4 Å². The first-order chi connectivity index (χ1) is 13.7. The molecule has 0 radical (unpaired) electrons. The van der Waals surface area contributed by atoms with Crippen molar-refractivity contribution in [3.05, 3.63) is 35.4 Å². The highest BCUT2D eigenvalue weighted by Gasteiger charge is 2.22. The smallest absolute Gasteiger partial charge is 0.231 e. The van der Waals surface area contributed by atoms with E-state index in [-0.39, 0.29) is 12.8 Å². The second kappa shape index (κ2) is 8.47. The van der Waals surface area contributed by atoms with Crippen LogP contribution in [0.15, 0.2) is 23.2 Å². The molecular weight excluding hydrogens is 360 g/mol. The Labute approximate surface area is 164 Å². The van der Waals surface area contributed by atoms with E-state index in [1.807, 2.05) is 22.9 Å². The van der Waals surface area contributed by atoms with E-state index in [4.69, 9.17) is 19.2 Å². The molecule has 0 fully saturated rings. The fraction of sp³-hybridized carbons (Fsp3) is 0.526. The molecule has 1 unspecified atom stereocenters. The number of guanidine groups is 1. The predicted molar refractivity (Wildman–Crippen MR) is 103 cm³/mol. The molecule has 150 valence electrons. The third-order valence-electron chi connectivity index (χ3n) is 4.72. The number of rotatable bonds is 6. The summed E-state index contributed by atoms with van der Waals surface area (Å²) in [4.78, 5) is 9.25. The Morgan fingerprint density at radius 2 is 2.25 bits per heavy atom. The highest BCUT2D eigenvalue weighted by atomic mass is 16.7. The van der Waals surface area contributed by atoms with Crippen LogP contribution in [0.1, 0.15) is 30.6 Å². The normalized spacial score (nSPS) is 18.1. The minimum Gasteiger partial charge on any atom is -0.454 e. The first kappa shape index (κ1) is 18.5. The van der Waals surface area contributed by atoms with Crippen molar-refractivity contribution < 1.29 is 14.2 Å². The number of aryl methyl sites for hydroxylation is 1. The third kappa shape index (κ3) is 4.19. The van der Waals surface area contributed by atoms with Gasteiger partial charge in [0.2, 0.25) is 6.79 Å². The molecule has 1 aromatic heterocycles. The van der Waals surface area contributed by atoms with Crippen LogP contribution in [0, 0.1) is 0 Å². The summed E-state index contributed by atoms with van der Waals surface area (Å²) in [5.41, 5.74) is 1.08. The molecule has 2 N–H and O–H groups in total. The van der Waals surface area contributed by atoms with Crippen molar-refractivity contribution in [2.45, 2.75) is 45.5 Å². The van der Waals surface area contributed by atoms with Gasteiger partial charge in [0, 0.05) is 26.1 Å². The third-order valence-corrected chi connectivity index (χ3v) is 4.72. The molecule has 4 rings (SSSR count).